The minimum absolute atomic E-state index is 0.164. The summed E-state index contributed by atoms with van der Waals surface area (Å²) in [7, 11) is 0. The van der Waals surface area contributed by atoms with E-state index in [1.165, 1.54) is 21.9 Å². The van der Waals surface area contributed by atoms with Gasteiger partial charge in [-0.2, -0.15) is 0 Å². The average Bonchev–Trinajstić information content (AvgIpc) is 3.20. The van der Waals surface area contributed by atoms with Gasteiger partial charge in [0.05, 0.1) is 0 Å². The van der Waals surface area contributed by atoms with Crippen LogP contribution in [0.25, 0.3) is 55.0 Å². The molecule has 0 aliphatic heterocycles. The first kappa shape index (κ1) is 18.2. The Kier molecular flexibility index (Phi) is 4.12. The Morgan fingerprint density at radius 2 is 1.13 bits per heavy atom. The highest BCUT2D eigenvalue weighted by Gasteiger charge is 2.14. The molecule has 0 bridgehead atoms. The van der Waals surface area contributed by atoms with Crippen molar-refractivity contribution in [2.45, 2.75) is 0 Å². The van der Waals surface area contributed by atoms with Crippen LogP contribution < -0.4 is 0 Å². The maximum absolute atomic E-state index is 10.2. The van der Waals surface area contributed by atoms with E-state index in [9.17, 15) is 5.11 Å². The predicted octanol–water partition coefficient (Wildman–Crippen LogP) is 8.54. The number of rotatable bonds is 2. The quantitative estimate of drug-likeness (QED) is 0.278. The SMILES string of the molecule is Oc1cccc2c1oc1c(-c3ccc(-c4ccc(Br)c5ccccc45)cc3)cccc12. The maximum Gasteiger partial charge on any atom is 0.177 e. The molecule has 0 amide bonds. The fourth-order valence-corrected chi connectivity index (χ4v) is 4.85. The lowest BCUT2D eigenvalue weighted by Gasteiger charge is -2.10. The zero-order chi connectivity index (χ0) is 20.9. The van der Waals surface area contributed by atoms with Gasteiger partial charge < -0.3 is 9.52 Å². The minimum Gasteiger partial charge on any atom is -0.504 e. The standard InChI is InChI=1S/C28H17BrO2/c29-25-16-15-19(21-5-1-2-6-22(21)25)17-11-13-18(14-12-17)20-7-3-8-23-24-9-4-10-26(30)28(24)31-27(20)23/h1-16,30H. The fraction of sp³-hybridized carbons (Fsp3) is 0. The highest BCUT2D eigenvalue weighted by Crippen LogP contribution is 2.39. The first-order chi connectivity index (χ1) is 15.2. The van der Waals surface area contributed by atoms with Gasteiger partial charge in [-0.15, -0.1) is 0 Å². The molecule has 1 aromatic heterocycles. The van der Waals surface area contributed by atoms with Crippen molar-refractivity contribution in [2.75, 3.05) is 0 Å². The largest absolute Gasteiger partial charge is 0.504 e. The van der Waals surface area contributed by atoms with Crippen molar-refractivity contribution in [2.24, 2.45) is 0 Å². The number of hydrogen-bond acceptors (Lipinski definition) is 2. The van der Waals surface area contributed by atoms with Crippen LogP contribution in [0.3, 0.4) is 0 Å². The van der Waals surface area contributed by atoms with Crippen molar-refractivity contribution in [1.82, 2.24) is 0 Å². The summed E-state index contributed by atoms with van der Waals surface area (Å²) < 4.78 is 7.20. The summed E-state index contributed by atoms with van der Waals surface area (Å²) in [4.78, 5) is 0. The fourth-order valence-electron chi connectivity index (χ4n) is 4.38. The van der Waals surface area contributed by atoms with E-state index in [1.54, 1.807) is 6.07 Å². The van der Waals surface area contributed by atoms with Crippen molar-refractivity contribution < 1.29 is 9.52 Å². The van der Waals surface area contributed by atoms with Crippen LogP contribution in [0.15, 0.2) is 106 Å². The summed E-state index contributed by atoms with van der Waals surface area (Å²) in [5.41, 5.74) is 5.79. The predicted molar refractivity (Wildman–Crippen MR) is 131 cm³/mol. The molecule has 0 saturated carbocycles. The monoisotopic (exact) mass is 464 g/mol. The molecule has 0 spiro atoms. The third-order valence-electron chi connectivity index (χ3n) is 5.88. The van der Waals surface area contributed by atoms with Gasteiger partial charge in [-0.1, -0.05) is 101 Å². The van der Waals surface area contributed by atoms with Gasteiger partial charge in [0, 0.05) is 20.8 Å². The normalized spacial score (nSPS) is 11.5. The first-order valence-electron chi connectivity index (χ1n) is 10.1. The molecule has 0 aliphatic carbocycles. The first-order valence-corrected chi connectivity index (χ1v) is 10.9. The molecule has 0 atom stereocenters. The molecule has 5 aromatic carbocycles. The maximum atomic E-state index is 10.2. The van der Waals surface area contributed by atoms with E-state index in [-0.39, 0.29) is 5.75 Å². The van der Waals surface area contributed by atoms with Crippen LogP contribution in [0.4, 0.5) is 0 Å². The number of phenolic OH excluding ortho intramolecular Hbond substituents is 1. The number of para-hydroxylation sites is 2. The molecule has 3 heteroatoms. The van der Waals surface area contributed by atoms with Crippen LogP contribution >= 0.6 is 15.9 Å². The molecular weight excluding hydrogens is 448 g/mol. The second-order valence-corrected chi connectivity index (χ2v) is 8.51. The number of aromatic hydroxyl groups is 1. The van der Waals surface area contributed by atoms with Gasteiger partial charge in [0.2, 0.25) is 0 Å². The lowest BCUT2D eigenvalue weighted by atomic mass is 9.95. The van der Waals surface area contributed by atoms with Gasteiger partial charge in [0.1, 0.15) is 5.58 Å². The van der Waals surface area contributed by atoms with E-state index in [2.05, 4.69) is 82.7 Å². The van der Waals surface area contributed by atoms with Gasteiger partial charge in [0.15, 0.2) is 11.3 Å². The smallest absolute Gasteiger partial charge is 0.177 e. The van der Waals surface area contributed by atoms with Crippen LogP contribution in [0.1, 0.15) is 0 Å². The Morgan fingerprint density at radius 1 is 0.516 bits per heavy atom. The Hall–Kier alpha value is -3.56. The summed E-state index contributed by atoms with van der Waals surface area (Å²) in [5.74, 6) is 0.164. The zero-order valence-corrected chi connectivity index (χ0v) is 18.1. The molecule has 148 valence electrons. The summed E-state index contributed by atoms with van der Waals surface area (Å²) in [6, 6.07) is 32.9. The molecule has 0 fully saturated rings. The Labute approximate surface area is 187 Å². The Morgan fingerprint density at radius 3 is 1.90 bits per heavy atom. The molecule has 0 aliphatic rings. The molecule has 1 heterocycles. The molecule has 0 saturated heterocycles. The summed E-state index contributed by atoms with van der Waals surface area (Å²) in [6.45, 7) is 0. The summed E-state index contributed by atoms with van der Waals surface area (Å²) in [5, 5.41) is 14.6. The molecular formula is C28H17BrO2. The second-order valence-electron chi connectivity index (χ2n) is 7.66. The molecule has 1 N–H and O–H groups in total. The number of fused-ring (bicyclic) bond motifs is 4. The third-order valence-corrected chi connectivity index (χ3v) is 6.57. The van der Waals surface area contributed by atoms with E-state index in [1.807, 2.05) is 24.3 Å². The summed E-state index contributed by atoms with van der Waals surface area (Å²) >= 11 is 3.66. The van der Waals surface area contributed by atoms with E-state index in [0.717, 1.165) is 32.0 Å². The second kappa shape index (κ2) is 7.00. The third kappa shape index (κ3) is 2.85. The lowest BCUT2D eigenvalue weighted by Crippen LogP contribution is -1.84. The average molecular weight is 465 g/mol. The van der Waals surface area contributed by atoms with E-state index >= 15 is 0 Å². The number of halogens is 1. The highest BCUT2D eigenvalue weighted by atomic mass is 79.9. The van der Waals surface area contributed by atoms with E-state index in [4.69, 9.17) is 4.42 Å². The van der Waals surface area contributed by atoms with Crippen LogP contribution in [0.2, 0.25) is 0 Å². The number of benzene rings is 5. The van der Waals surface area contributed by atoms with Crippen LogP contribution in [-0.4, -0.2) is 5.11 Å². The van der Waals surface area contributed by atoms with Gasteiger partial charge in [-0.3, -0.25) is 0 Å². The zero-order valence-electron chi connectivity index (χ0n) is 16.5. The van der Waals surface area contributed by atoms with E-state index < -0.39 is 0 Å². The highest BCUT2D eigenvalue weighted by molar-refractivity contribution is 9.10. The minimum atomic E-state index is 0.164. The van der Waals surface area contributed by atoms with Gasteiger partial charge in [0.25, 0.3) is 0 Å². The molecule has 6 rings (SSSR count). The Balaban J connectivity index is 1.50. The molecule has 0 radical (unpaired) electrons. The summed E-state index contributed by atoms with van der Waals surface area (Å²) in [6.07, 6.45) is 0. The van der Waals surface area contributed by atoms with Crippen molar-refractivity contribution in [3.05, 3.63) is 102 Å². The van der Waals surface area contributed by atoms with Crippen molar-refractivity contribution in [3.63, 3.8) is 0 Å². The van der Waals surface area contributed by atoms with Crippen LogP contribution in [0.5, 0.6) is 5.75 Å². The van der Waals surface area contributed by atoms with Gasteiger partial charge in [-0.25, -0.2) is 0 Å². The van der Waals surface area contributed by atoms with E-state index in [0.29, 0.717) is 5.58 Å². The molecule has 6 aromatic rings. The molecule has 31 heavy (non-hydrogen) atoms. The number of hydrogen-bond donors (Lipinski definition) is 1. The van der Waals surface area contributed by atoms with Crippen molar-refractivity contribution in [1.29, 1.82) is 0 Å². The molecule has 0 unspecified atom stereocenters. The molecule has 2 nitrogen and oxygen atoms in total. The van der Waals surface area contributed by atoms with Crippen molar-refractivity contribution in [3.8, 4) is 28.0 Å². The lowest BCUT2D eigenvalue weighted by molar-refractivity contribution is 0.469. The van der Waals surface area contributed by atoms with Crippen LogP contribution in [-0.2, 0) is 0 Å². The van der Waals surface area contributed by atoms with Gasteiger partial charge in [-0.05, 0) is 39.6 Å². The van der Waals surface area contributed by atoms with Gasteiger partial charge >= 0.3 is 0 Å². The van der Waals surface area contributed by atoms with Crippen LogP contribution in [0, 0.1) is 0 Å². The number of furan rings is 1. The van der Waals surface area contributed by atoms with Crippen molar-refractivity contribution >= 4 is 48.6 Å². The number of phenols is 1. The Bertz CT molecular complexity index is 1590. The topological polar surface area (TPSA) is 33.4 Å².